The Bertz CT molecular complexity index is 306. The molecule has 0 heteroatoms. The highest BCUT2D eigenvalue weighted by atomic mass is 14.0. The number of hydrogen-bond donors (Lipinski definition) is 0. The lowest BCUT2D eigenvalue weighted by Crippen LogP contribution is -1.85. The molecule has 0 aliphatic heterocycles. The first-order valence-corrected chi connectivity index (χ1v) is 5.16. The van der Waals surface area contributed by atoms with Crippen LogP contribution in [0.5, 0.6) is 0 Å². The summed E-state index contributed by atoms with van der Waals surface area (Å²) in [4.78, 5) is 0. The van der Waals surface area contributed by atoms with Gasteiger partial charge in [0.15, 0.2) is 0 Å². The van der Waals surface area contributed by atoms with E-state index in [2.05, 4.69) is 44.7 Å². The Morgan fingerprint density at radius 1 is 1.36 bits per heavy atom. The second-order valence-electron chi connectivity index (χ2n) is 3.64. The molecule has 0 unspecified atom stereocenters. The van der Waals surface area contributed by atoms with Crippen molar-refractivity contribution < 1.29 is 0 Å². The van der Waals surface area contributed by atoms with Crippen molar-refractivity contribution in [2.24, 2.45) is 5.92 Å². The maximum absolute atomic E-state index is 4.04. The SMILES string of the molecule is C=C(/C=C\[C@@H](C)CC)c1ccccc1. The number of hydrogen-bond acceptors (Lipinski definition) is 0. The zero-order valence-corrected chi connectivity index (χ0v) is 9.03. The van der Waals surface area contributed by atoms with Gasteiger partial charge in [0, 0.05) is 0 Å². The van der Waals surface area contributed by atoms with E-state index in [0.29, 0.717) is 5.92 Å². The molecular formula is C14H18. The van der Waals surface area contributed by atoms with Crippen LogP contribution in [0.15, 0.2) is 49.1 Å². The summed E-state index contributed by atoms with van der Waals surface area (Å²) >= 11 is 0. The molecule has 74 valence electrons. The van der Waals surface area contributed by atoms with Crippen molar-refractivity contribution >= 4 is 5.57 Å². The van der Waals surface area contributed by atoms with Crippen LogP contribution < -0.4 is 0 Å². The van der Waals surface area contributed by atoms with Crippen molar-refractivity contribution in [3.63, 3.8) is 0 Å². The molecule has 0 aliphatic rings. The van der Waals surface area contributed by atoms with Crippen LogP contribution in [0, 0.1) is 5.92 Å². The van der Waals surface area contributed by atoms with E-state index in [9.17, 15) is 0 Å². The zero-order chi connectivity index (χ0) is 10.4. The molecular weight excluding hydrogens is 168 g/mol. The first kappa shape index (κ1) is 10.8. The van der Waals surface area contributed by atoms with Gasteiger partial charge >= 0.3 is 0 Å². The summed E-state index contributed by atoms with van der Waals surface area (Å²) in [5, 5.41) is 0. The van der Waals surface area contributed by atoms with Crippen molar-refractivity contribution in [2.45, 2.75) is 20.3 Å². The molecule has 0 heterocycles. The molecule has 0 fully saturated rings. The van der Waals surface area contributed by atoms with Gasteiger partial charge in [0.1, 0.15) is 0 Å². The van der Waals surface area contributed by atoms with E-state index in [-0.39, 0.29) is 0 Å². The van der Waals surface area contributed by atoms with Gasteiger partial charge in [-0.2, -0.15) is 0 Å². The third-order valence-corrected chi connectivity index (χ3v) is 2.41. The van der Waals surface area contributed by atoms with Crippen molar-refractivity contribution in [1.82, 2.24) is 0 Å². The molecule has 0 nitrogen and oxygen atoms in total. The molecule has 0 N–H and O–H groups in total. The van der Waals surface area contributed by atoms with Gasteiger partial charge in [0.2, 0.25) is 0 Å². The summed E-state index contributed by atoms with van der Waals surface area (Å²) in [5.41, 5.74) is 2.29. The van der Waals surface area contributed by atoms with Crippen molar-refractivity contribution in [2.75, 3.05) is 0 Å². The van der Waals surface area contributed by atoms with Crippen LogP contribution in [-0.4, -0.2) is 0 Å². The van der Waals surface area contributed by atoms with Gasteiger partial charge in [-0.1, -0.05) is 69.3 Å². The highest BCUT2D eigenvalue weighted by Gasteiger charge is 1.94. The van der Waals surface area contributed by atoms with Crippen LogP contribution in [0.25, 0.3) is 5.57 Å². The van der Waals surface area contributed by atoms with Crippen LogP contribution in [0.3, 0.4) is 0 Å². The molecule has 0 bridgehead atoms. The Labute approximate surface area is 87.0 Å². The maximum atomic E-state index is 4.04. The summed E-state index contributed by atoms with van der Waals surface area (Å²) in [7, 11) is 0. The number of rotatable bonds is 4. The molecule has 1 rings (SSSR count). The Kier molecular flexibility index (Phi) is 4.18. The molecule has 0 aromatic heterocycles. The van der Waals surface area contributed by atoms with E-state index in [1.807, 2.05) is 18.2 Å². The minimum atomic E-state index is 0.635. The summed E-state index contributed by atoms with van der Waals surface area (Å²) in [5.74, 6) is 0.635. The van der Waals surface area contributed by atoms with Crippen molar-refractivity contribution in [3.8, 4) is 0 Å². The fourth-order valence-corrected chi connectivity index (χ4v) is 1.16. The maximum Gasteiger partial charge on any atom is -0.0190 e. The van der Waals surface area contributed by atoms with Crippen LogP contribution in [0.1, 0.15) is 25.8 Å². The lowest BCUT2D eigenvalue weighted by Gasteiger charge is -2.02. The standard InChI is InChI=1S/C14H18/c1-4-12(2)10-11-13(3)14-8-6-5-7-9-14/h5-12H,3-4H2,1-2H3/b11-10-/t12-/m0/s1. The summed E-state index contributed by atoms with van der Waals surface area (Å²) < 4.78 is 0. The highest BCUT2D eigenvalue weighted by molar-refractivity contribution is 5.71. The lowest BCUT2D eigenvalue weighted by atomic mass is 10.0. The minimum Gasteiger partial charge on any atom is -0.0912 e. The fraction of sp³-hybridized carbons (Fsp3) is 0.286. The minimum absolute atomic E-state index is 0.635. The first-order chi connectivity index (χ1) is 6.74. The second-order valence-corrected chi connectivity index (χ2v) is 3.64. The summed E-state index contributed by atoms with van der Waals surface area (Å²) in [6, 6.07) is 10.3. The average Bonchev–Trinajstić information content (AvgIpc) is 2.26. The predicted molar refractivity (Wildman–Crippen MR) is 64.1 cm³/mol. The van der Waals surface area contributed by atoms with Gasteiger partial charge in [-0.05, 0) is 17.1 Å². The Morgan fingerprint density at radius 3 is 2.57 bits per heavy atom. The highest BCUT2D eigenvalue weighted by Crippen LogP contribution is 2.14. The van der Waals surface area contributed by atoms with Crippen LogP contribution in [0.4, 0.5) is 0 Å². The molecule has 1 aromatic rings. The molecule has 14 heavy (non-hydrogen) atoms. The Balaban J connectivity index is 2.64. The third kappa shape index (κ3) is 3.21. The van der Waals surface area contributed by atoms with Crippen molar-refractivity contribution in [3.05, 3.63) is 54.6 Å². The first-order valence-electron chi connectivity index (χ1n) is 5.16. The lowest BCUT2D eigenvalue weighted by molar-refractivity contribution is 0.698. The molecule has 0 amide bonds. The van der Waals surface area contributed by atoms with Crippen LogP contribution in [0.2, 0.25) is 0 Å². The van der Waals surface area contributed by atoms with Gasteiger partial charge in [0.05, 0.1) is 0 Å². The molecule has 0 saturated carbocycles. The van der Waals surface area contributed by atoms with E-state index in [1.165, 1.54) is 12.0 Å². The van der Waals surface area contributed by atoms with Gasteiger partial charge in [-0.25, -0.2) is 0 Å². The molecule has 0 saturated heterocycles. The topological polar surface area (TPSA) is 0 Å². The quantitative estimate of drug-likeness (QED) is 0.615. The van der Waals surface area contributed by atoms with Crippen LogP contribution in [-0.2, 0) is 0 Å². The van der Waals surface area contributed by atoms with Crippen LogP contribution >= 0.6 is 0 Å². The number of benzene rings is 1. The van der Waals surface area contributed by atoms with E-state index < -0.39 is 0 Å². The molecule has 0 aliphatic carbocycles. The molecule has 0 radical (unpaired) electrons. The van der Waals surface area contributed by atoms with E-state index in [4.69, 9.17) is 0 Å². The van der Waals surface area contributed by atoms with E-state index in [0.717, 1.165) is 5.57 Å². The largest absolute Gasteiger partial charge is 0.0912 e. The average molecular weight is 186 g/mol. The van der Waals surface area contributed by atoms with Crippen molar-refractivity contribution in [1.29, 1.82) is 0 Å². The molecule has 1 atom stereocenters. The van der Waals surface area contributed by atoms with E-state index in [1.54, 1.807) is 0 Å². The second kappa shape index (κ2) is 5.43. The zero-order valence-electron chi connectivity index (χ0n) is 9.03. The van der Waals surface area contributed by atoms with Gasteiger partial charge < -0.3 is 0 Å². The third-order valence-electron chi connectivity index (χ3n) is 2.41. The normalized spacial score (nSPS) is 13.0. The molecule has 0 spiro atoms. The fourth-order valence-electron chi connectivity index (χ4n) is 1.16. The van der Waals surface area contributed by atoms with Gasteiger partial charge in [-0.3, -0.25) is 0 Å². The summed E-state index contributed by atoms with van der Waals surface area (Å²) in [6.45, 7) is 8.46. The Hall–Kier alpha value is -1.30. The van der Waals surface area contributed by atoms with E-state index >= 15 is 0 Å². The predicted octanol–water partition coefficient (Wildman–Crippen LogP) is 4.30. The van der Waals surface area contributed by atoms with Gasteiger partial charge in [-0.15, -0.1) is 0 Å². The number of allylic oxidation sites excluding steroid dienone is 3. The molecule has 1 aromatic carbocycles. The summed E-state index contributed by atoms with van der Waals surface area (Å²) in [6.07, 6.45) is 5.51. The Morgan fingerprint density at radius 2 is 2.00 bits per heavy atom. The van der Waals surface area contributed by atoms with Gasteiger partial charge in [0.25, 0.3) is 0 Å². The smallest absolute Gasteiger partial charge is 0.0190 e. The monoisotopic (exact) mass is 186 g/mol.